The van der Waals surface area contributed by atoms with Gasteiger partial charge in [-0.1, -0.05) is 115 Å². The number of rotatable bonds is 3. The summed E-state index contributed by atoms with van der Waals surface area (Å²) in [5, 5.41) is 0. The van der Waals surface area contributed by atoms with E-state index in [-0.39, 0.29) is 0 Å². The Balaban J connectivity index is 1.46. The molecule has 2 N–H and O–H groups in total. The Hall–Kier alpha value is -5.67. The number of benzene rings is 6. The number of nitrogens with two attached hydrogens (primary N) is 1. The molecule has 8 bridgehead atoms. The molecule has 0 aliphatic carbocycles. The van der Waals surface area contributed by atoms with Gasteiger partial charge in [-0.2, -0.15) is 0 Å². The molecule has 1 aliphatic rings. The van der Waals surface area contributed by atoms with Crippen LogP contribution in [0.5, 0.6) is 0 Å². The SMILES string of the molecule is N/C1=N\C(=C/Cc2ccccc2)c2cccc(c2)-c2cccc(c2)N(c2ccccc2)c2cccc(c2)-c2cccc1c2. The lowest BCUT2D eigenvalue weighted by molar-refractivity contribution is 1.26. The van der Waals surface area contributed by atoms with Crippen molar-refractivity contribution < 1.29 is 0 Å². The smallest absolute Gasteiger partial charge is 0.131 e. The van der Waals surface area contributed by atoms with Crippen molar-refractivity contribution in [1.29, 1.82) is 0 Å². The van der Waals surface area contributed by atoms with Crippen LogP contribution in [0, 0.1) is 0 Å². The highest BCUT2D eigenvalue weighted by molar-refractivity contribution is 6.01. The predicted molar refractivity (Wildman–Crippen MR) is 181 cm³/mol. The molecular formula is C40H31N3. The summed E-state index contributed by atoms with van der Waals surface area (Å²) in [5.41, 5.74) is 18.5. The van der Waals surface area contributed by atoms with Crippen LogP contribution in [0.15, 0.2) is 169 Å². The zero-order chi connectivity index (χ0) is 29.0. The summed E-state index contributed by atoms with van der Waals surface area (Å²) in [5.74, 6) is 0.489. The average Bonchev–Trinajstić information content (AvgIpc) is 3.08. The lowest BCUT2D eigenvalue weighted by Crippen LogP contribution is -2.13. The molecule has 3 nitrogen and oxygen atoms in total. The molecule has 1 heterocycles. The van der Waals surface area contributed by atoms with Crippen molar-refractivity contribution in [2.45, 2.75) is 6.42 Å². The number of nitrogens with zero attached hydrogens (tertiary/aromatic N) is 2. The third-order valence-electron chi connectivity index (χ3n) is 7.82. The number of para-hydroxylation sites is 1. The number of allylic oxidation sites excluding steroid dienone is 1. The van der Waals surface area contributed by atoms with E-state index in [2.05, 4.69) is 157 Å². The molecule has 206 valence electrons. The van der Waals surface area contributed by atoms with Crippen molar-refractivity contribution in [3.05, 3.63) is 180 Å². The molecule has 0 spiro atoms. The van der Waals surface area contributed by atoms with E-state index in [0.717, 1.165) is 62.6 Å². The van der Waals surface area contributed by atoms with E-state index in [4.69, 9.17) is 10.7 Å². The van der Waals surface area contributed by atoms with E-state index in [1.54, 1.807) is 0 Å². The zero-order valence-electron chi connectivity index (χ0n) is 23.8. The van der Waals surface area contributed by atoms with Crippen LogP contribution < -0.4 is 10.6 Å². The maximum absolute atomic E-state index is 6.74. The first-order chi connectivity index (χ1) is 21.2. The van der Waals surface area contributed by atoms with Gasteiger partial charge in [-0.15, -0.1) is 0 Å². The Labute approximate surface area is 252 Å². The molecule has 0 atom stereocenters. The van der Waals surface area contributed by atoms with Crippen molar-refractivity contribution in [2.75, 3.05) is 4.90 Å². The van der Waals surface area contributed by atoms with Crippen LogP contribution in [0.2, 0.25) is 0 Å². The van der Waals surface area contributed by atoms with E-state index in [9.17, 15) is 0 Å². The monoisotopic (exact) mass is 553 g/mol. The molecule has 0 fully saturated rings. The van der Waals surface area contributed by atoms with Crippen LogP contribution >= 0.6 is 0 Å². The quantitative estimate of drug-likeness (QED) is 0.237. The second-order valence-corrected chi connectivity index (χ2v) is 10.7. The molecule has 7 rings (SSSR count). The second-order valence-electron chi connectivity index (χ2n) is 10.7. The summed E-state index contributed by atoms with van der Waals surface area (Å²) >= 11 is 0. The van der Waals surface area contributed by atoms with Crippen molar-refractivity contribution in [3.8, 4) is 22.3 Å². The summed E-state index contributed by atoms with van der Waals surface area (Å²) < 4.78 is 0. The first kappa shape index (κ1) is 26.2. The first-order valence-electron chi connectivity index (χ1n) is 14.6. The maximum atomic E-state index is 6.74. The van der Waals surface area contributed by atoms with Gasteiger partial charge in [0.2, 0.25) is 0 Å². The largest absolute Gasteiger partial charge is 0.383 e. The summed E-state index contributed by atoms with van der Waals surface area (Å²) in [6, 6.07) is 55.3. The Morgan fingerprint density at radius 2 is 0.930 bits per heavy atom. The highest BCUT2D eigenvalue weighted by Crippen LogP contribution is 2.38. The molecule has 0 saturated heterocycles. The molecule has 1 aliphatic heterocycles. The van der Waals surface area contributed by atoms with Crippen LogP contribution in [0.3, 0.4) is 0 Å². The molecule has 0 unspecified atom stereocenters. The average molecular weight is 554 g/mol. The Bertz CT molecular complexity index is 1960. The summed E-state index contributed by atoms with van der Waals surface area (Å²) in [6.07, 6.45) is 2.93. The predicted octanol–water partition coefficient (Wildman–Crippen LogP) is 9.79. The maximum Gasteiger partial charge on any atom is 0.131 e. The number of hydrogen-bond acceptors (Lipinski definition) is 3. The lowest BCUT2D eigenvalue weighted by atomic mass is 9.99. The van der Waals surface area contributed by atoms with Gasteiger partial charge in [-0.05, 0) is 82.8 Å². The lowest BCUT2D eigenvalue weighted by Gasteiger charge is -2.26. The van der Waals surface area contributed by atoms with Gasteiger partial charge in [0.15, 0.2) is 0 Å². The minimum absolute atomic E-state index is 0.489. The van der Waals surface area contributed by atoms with Crippen LogP contribution in [0.25, 0.3) is 28.0 Å². The van der Waals surface area contributed by atoms with Gasteiger partial charge >= 0.3 is 0 Å². The van der Waals surface area contributed by atoms with Gasteiger partial charge in [-0.3, -0.25) is 0 Å². The Morgan fingerprint density at radius 3 is 1.56 bits per heavy atom. The van der Waals surface area contributed by atoms with E-state index in [1.165, 1.54) is 5.56 Å². The summed E-state index contributed by atoms with van der Waals surface area (Å²) in [7, 11) is 0. The number of amidine groups is 1. The third-order valence-corrected chi connectivity index (χ3v) is 7.82. The van der Waals surface area contributed by atoms with Gasteiger partial charge in [0.05, 0.1) is 5.70 Å². The normalized spacial score (nSPS) is 14.7. The number of fused-ring (bicyclic) bond motifs is 10. The van der Waals surface area contributed by atoms with E-state index in [0.29, 0.717) is 5.84 Å². The molecule has 6 aromatic rings. The van der Waals surface area contributed by atoms with Crippen LogP contribution in [0.4, 0.5) is 17.1 Å². The first-order valence-corrected chi connectivity index (χ1v) is 14.6. The fraction of sp³-hybridized carbons (Fsp3) is 0.0250. The van der Waals surface area contributed by atoms with Gasteiger partial charge in [0.1, 0.15) is 5.84 Å². The highest BCUT2D eigenvalue weighted by atomic mass is 15.1. The van der Waals surface area contributed by atoms with E-state index < -0.39 is 0 Å². The fourth-order valence-electron chi connectivity index (χ4n) is 5.64. The molecule has 0 saturated carbocycles. The Kier molecular flexibility index (Phi) is 7.12. The van der Waals surface area contributed by atoms with Gasteiger partial charge < -0.3 is 10.6 Å². The Morgan fingerprint density at radius 1 is 0.465 bits per heavy atom. The van der Waals surface area contributed by atoms with Gasteiger partial charge in [0.25, 0.3) is 0 Å². The van der Waals surface area contributed by atoms with Crippen LogP contribution in [-0.2, 0) is 6.42 Å². The molecule has 43 heavy (non-hydrogen) atoms. The molecule has 0 radical (unpaired) electrons. The standard InChI is InChI=1S/C40H31N3/c41-40-35-18-8-14-31(26-35)33-16-10-22-38(28-33)43(36-19-5-2-6-20-36)37-21-9-15-32(27-37)30-13-7-17-34(25-30)39(42-40)24-23-29-11-3-1-4-12-29/h1-22,24-28H,23H2,(H2,41,42)/b39-24-. The zero-order valence-corrected chi connectivity index (χ0v) is 23.8. The molecular weight excluding hydrogens is 522 g/mol. The fourth-order valence-corrected chi connectivity index (χ4v) is 5.64. The van der Waals surface area contributed by atoms with Crippen molar-refractivity contribution in [1.82, 2.24) is 0 Å². The van der Waals surface area contributed by atoms with Crippen molar-refractivity contribution in [2.24, 2.45) is 10.7 Å². The summed E-state index contributed by atoms with van der Waals surface area (Å²) in [6.45, 7) is 0. The van der Waals surface area contributed by atoms with E-state index >= 15 is 0 Å². The molecule has 3 heteroatoms. The number of aliphatic imine (C=N–C) groups is 1. The third kappa shape index (κ3) is 5.61. The number of anilines is 3. The van der Waals surface area contributed by atoms with Crippen LogP contribution in [-0.4, -0.2) is 5.84 Å². The van der Waals surface area contributed by atoms with Crippen LogP contribution in [0.1, 0.15) is 16.7 Å². The van der Waals surface area contributed by atoms with Gasteiger partial charge in [0, 0.05) is 28.2 Å². The minimum atomic E-state index is 0.489. The minimum Gasteiger partial charge on any atom is -0.383 e. The molecule has 6 aromatic carbocycles. The second kappa shape index (κ2) is 11.7. The summed E-state index contributed by atoms with van der Waals surface area (Å²) in [4.78, 5) is 7.34. The van der Waals surface area contributed by atoms with Gasteiger partial charge in [-0.25, -0.2) is 4.99 Å². The topological polar surface area (TPSA) is 41.6 Å². The van der Waals surface area contributed by atoms with Crippen molar-refractivity contribution >= 4 is 28.6 Å². The van der Waals surface area contributed by atoms with Crippen molar-refractivity contribution in [3.63, 3.8) is 0 Å². The van der Waals surface area contributed by atoms with E-state index in [1.807, 2.05) is 12.1 Å². The highest BCUT2D eigenvalue weighted by Gasteiger charge is 2.15. The molecule has 0 amide bonds. The molecule has 0 aromatic heterocycles. The number of hydrogen-bond donors (Lipinski definition) is 1.